The van der Waals surface area contributed by atoms with Gasteiger partial charge < -0.3 is 0 Å². The molecule has 0 aliphatic carbocycles. The van der Waals surface area contributed by atoms with Gasteiger partial charge in [-0.05, 0) is 6.42 Å². The van der Waals surface area contributed by atoms with E-state index in [-0.39, 0.29) is 21.7 Å². The molecule has 6 aromatic rings. The van der Waals surface area contributed by atoms with Crippen LogP contribution in [0.25, 0.3) is 21.5 Å². The largest absolute Gasteiger partial charge is 4.00 e. The van der Waals surface area contributed by atoms with Crippen LogP contribution in [0.15, 0.2) is 133 Å². The van der Waals surface area contributed by atoms with Gasteiger partial charge in [0.15, 0.2) is 0 Å². The van der Waals surface area contributed by atoms with Crippen molar-refractivity contribution in [1.29, 1.82) is 0 Å². The molecule has 0 aromatic heterocycles. The van der Waals surface area contributed by atoms with Crippen molar-refractivity contribution in [2.75, 3.05) is 0 Å². The fourth-order valence-electron chi connectivity index (χ4n) is 3.83. The van der Waals surface area contributed by atoms with Crippen molar-refractivity contribution in [3.8, 4) is 0 Å². The van der Waals surface area contributed by atoms with Gasteiger partial charge in [0.25, 0.3) is 0 Å². The predicted molar refractivity (Wildman–Crippen MR) is 144 cm³/mol. The van der Waals surface area contributed by atoms with Gasteiger partial charge in [-0.1, -0.05) is 24.3 Å². The van der Waals surface area contributed by atoms with Crippen LogP contribution in [0.2, 0.25) is 0 Å². The smallest absolute Gasteiger partial charge is 0.199 e. The van der Waals surface area contributed by atoms with Crippen molar-refractivity contribution in [3.05, 3.63) is 170 Å². The molecule has 0 aliphatic heterocycles. The molecule has 0 unspecified atom stereocenters. The number of benzene rings is 4. The van der Waals surface area contributed by atoms with E-state index in [1.807, 2.05) is 60.7 Å². The van der Waals surface area contributed by atoms with Gasteiger partial charge in [0.2, 0.25) is 0 Å². The van der Waals surface area contributed by atoms with Gasteiger partial charge in [-0.25, -0.2) is 0 Å². The standard InChI is InChI=1S/C19H14.2C7H7.Ti/c1-2-6-17-11-14(10-16(17)5-1)9-15-12-18-7-3-4-8-19(18)13-15;2*1-7-5-3-2-4-6-7;/h1-8,10-13H,9H2;2*2-6H,1H2;/q-2;2*-1;+4. The Kier molecular flexibility index (Phi) is 9.41. The van der Waals surface area contributed by atoms with E-state index in [0.717, 1.165) is 17.5 Å². The molecule has 0 N–H and O–H groups in total. The maximum absolute atomic E-state index is 3.72. The summed E-state index contributed by atoms with van der Waals surface area (Å²) in [7, 11) is 0. The predicted octanol–water partition coefficient (Wildman–Crippen LogP) is 8.76. The summed E-state index contributed by atoms with van der Waals surface area (Å²) < 4.78 is 0. The monoisotopic (exact) mass is 472 g/mol. The minimum absolute atomic E-state index is 0. The van der Waals surface area contributed by atoms with Crippen molar-refractivity contribution in [1.82, 2.24) is 0 Å². The van der Waals surface area contributed by atoms with Gasteiger partial charge >= 0.3 is 21.7 Å². The summed E-state index contributed by atoms with van der Waals surface area (Å²) >= 11 is 0. The van der Waals surface area contributed by atoms with Crippen LogP contribution in [0, 0.1) is 13.8 Å². The Morgan fingerprint density at radius 2 is 0.824 bits per heavy atom. The second-order valence-electron chi connectivity index (χ2n) is 8.13. The quantitative estimate of drug-likeness (QED) is 0.175. The normalized spacial score (nSPS) is 9.88. The van der Waals surface area contributed by atoms with Crippen LogP contribution < -0.4 is 0 Å². The third-order valence-corrected chi connectivity index (χ3v) is 5.45. The van der Waals surface area contributed by atoms with Gasteiger partial charge in [0, 0.05) is 0 Å². The van der Waals surface area contributed by atoms with E-state index in [0.29, 0.717) is 0 Å². The molecule has 0 atom stereocenters. The molecular formula is C33H28Ti. The molecule has 34 heavy (non-hydrogen) atoms. The molecule has 0 amide bonds. The van der Waals surface area contributed by atoms with Crippen molar-refractivity contribution in [3.63, 3.8) is 0 Å². The molecule has 0 fully saturated rings. The molecule has 0 radical (unpaired) electrons. The van der Waals surface area contributed by atoms with Gasteiger partial charge in [-0.3, -0.25) is 0 Å². The molecule has 0 spiro atoms. The second kappa shape index (κ2) is 12.7. The molecule has 6 rings (SSSR count). The van der Waals surface area contributed by atoms with Gasteiger partial charge in [-0.15, -0.1) is 105 Å². The molecular weight excluding hydrogens is 444 g/mol. The average molecular weight is 472 g/mol. The zero-order valence-corrected chi connectivity index (χ0v) is 20.9. The van der Waals surface area contributed by atoms with Crippen LogP contribution in [-0.4, -0.2) is 0 Å². The van der Waals surface area contributed by atoms with E-state index in [2.05, 4.69) is 86.6 Å². The Bertz CT molecular complexity index is 1210. The molecule has 164 valence electrons. The molecule has 0 aliphatic rings. The molecule has 0 bridgehead atoms. The van der Waals surface area contributed by atoms with Crippen LogP contribution >= 0.6 is 0 Å². The third kappa shape index (κ3) is 7.28. The van der Waals surface area contributed by atoms with Crippen LogP contribution in [-0.2, 0) is 28.1 Å². The summed E-state index contributed by atoms with van der Waals surface area (Å²) in [6, 6.07) is 46.1. The fourth-order valence-corrected chi connectivity index (χ4v) is 3.83. The Hall–Kier alpha value is -3.45. The van der Waals surface area contributed by atoms with Crippen LogP contribution in [0.5, 0.6) is 0 Å². The van der Waals surface area contributed by atoms with E-state index >= 15 is 0 Å². The topological polar surface area (TPSA) is 0 Å². The average Bonchev–Trinajstić information content (AvgIpc) is 3.44. The van der Waals surface area contributed by atoms with Crippen LogP contribution in [0.4, 0.5) is 0 Å². The van der Waals surface area contributed by atoms with E-state index in [1.165, 1.54) is 32.7 Å². The van der Waals surface area contributed by atoms with E-state index in [9.17, 15) is 0 Å². The summed E-state index contributed by atoms with van der Waals surface area (Å²) in [4.78, 5) is 0. The van der Waals surface area contributed by atoms with Crippen molar-refractivity contribution in [2.45, 2.75) is 6.42 Å². The van der Waals surface area contributed by atoms with E-state index in [1.54, 1.807) is 0 Å². The number of rotatable bonds is 2. The Labute approximate surface area is 218 Å². The Morgan fingerprint density at radius 3 is 1.15 bits per heavy atom. The summed E-state index contributed by atoms with van der Waals surface area (Å²) in [6.07, 6.45) is 1.02. The van der Waals surface area contributed by atoms with Crippen LogP contribution in [0.1, 0.15) is 22.3 Å². The van der Waals surface area contributed by atoms with Gasteiger partial charge in [0.1, 0.15) is 0 Å². The minimum atomic E-state index is 0. The van der Waals surface area contributed by atoms with Crippen LogP contribution in [0.3, 0.4) is 0 Å². The first-order valence-electron chi connectivity index (χ1n) is 11.2. The first-order valence-corrected chi connectivity index (χ1v) is 11.2. The minimum Gasteiger partial charge on any atom is -0.199 e. The summed E-state index contributed by atoms with van der Waals surface area (Å²) in [5.74, 6) is 0. The summed E-state index contributed by atoms with van der Waals surface area (Å²) in [6.45, 7) is 7.44. The third-order valence-electron chi connectivity index (χ3n) is 5.45. The van der Waals surface area contributed by atoms with Crippen molar-refractivity contribution < 1.29 is 21.7 Å². The molecule has 0 nitrogen and oxygen atoms in total. The first-order chi connectivity index (χ1) is 16.2. The zero-order valence-electron chi connectivity index (χ0n) is 19.3. The maximum atomic E-state index is 3.72. The van der Waals surface area contributed by atoms with E-state index in [4.69, 9.17) is 0 Å². The van der Waals surface area contributed by atoms with E-state index < -0.39 is 0 Å². The Morgan fingerprint density at radius 1 is 0.471 bits per heavy atom. The molecule has 0 saturated carbocycles. The summed E-state index contributed by atoms with van der Waals surface area (Å²) in [5.41, 5.74) is 4.94. The fraction of sp³-hybridized carbons (Fsp3) is 0.0303. The first kappa shape index (κ1) is 25.2. The molecule has 6 aromatic carbocycles. The van der Waals surface area contributed by atoms with Crippen molar-refractivity contribution in [2.24, 2.45) is 0 Å². The maximum Gasteiger partial charge on any atom is 4.00 e. The van der Waals surface area contributed by atoms with Gasteiger partial charge in [-0.2, -0.15) is 61.4 Å². The van der Waals surface area contributed by atoms with Crippen molar-refractivity contribution >= 4 is 21.5 Å². The SMILES string of the molecule is [CH2-]c1ccccc1.[CH2-]c1ccccc1.[Ti+4].c1ccc2[cH-]c(Cc3cc4ccccc4[cH-]3)cc2c1. The molecule has 0 heterocycles. The number of fused-ring (bicyclic) bond motifs is 2. The number of hydrogen-bond acceptors (Lipinski definition) is 0. The Balaban J connectivity index is 0.000000179. The van der Waals surface area contributed by atoms with Gasteiger partial charge in [0.05, 0.1) is 0 Å². The second-order valence-corrected chi connectivity index (χ2v) is 8.13. The number of hydrogen-bond donors (Lipinski definition) is 0. The molecule has 1 heteroatoms. The molecule has 0 saturated heterocycles. The summed E-state index contributed by atoms with van der Waals surface area (Å²) in [5, 5.41) is 5.37. The zero-order chi connectivity index (χ0) is 22.9.